The van der Waals surface area contributed by atoms with Gasteiger partial charge in [0, 0.05) is 11.8 Å². The van der Waals surface area contributed by atoms with Gasteiger partial charge in [0.2, 0.25) is 0 Å². The van der Waals surface area contributed by atoms with Crippen LogP contribution in [0.15, 0.2) is 28.6 Å². The Hall–Kier alpha value is -0.620. The lowest BCUT2D eigenvalue weighted by molar-refractivity contribution is 0.0608. The number of fused-ring (bicyclic) bond motifs is 1. The van der Waals surface area contributed by atoms with Crippen molar-refractivity contribution in [3.05, 3.63) is 24.3 Å². The molecule has 0 fully saturated rings. The topological polar surface area (TPSA) is 59.1 Å². The van der Waals surface area contributed by atoms with Gasteiger partial charge in [0.15, 0.2) is 4.34 Å². The lowest BCUT2D eigenvalue weighted by atomic mass is 10.0. The molecule has 5 heteroatoms. The van der Waals surface area contributed by atoms with E-state index in [0.29, 0.717) is 11.7 Å². The number of nitrogens with zero attached hydrogens (tertiary/aromatic N) is 1. The molecule has 18 heavy (non-hydrogen) atoms. The number of rotatable bonds is 5. The third-order valence-electron chi connectivity index (χ3n) is 2.74. The van der Waals surface area contributed by atoms with Crippen LogP contribution < -0.4 is 5.73 Å². The van der Waals surface area contributed by atoms with E-state index in [1.54, 1.807) is 30.0 Å². The minimum absolute atomic E-state index is 0.289. The minimum atomic E-state index is -0.789. The van der Waals surface area contributed by atoms with Crippen molar-refractivity contribution in [2.75, 3.05) is 6.54 Å². The van der Waals surface area contributed by atoms with Crippen LogP contribution in [0.3, 0.4) is 0 Å². The van der Waals surface area contributed by atoms with Crippen molar-refractivity contribution < 1.29 is 5.11 Å². The van der Waals surface area contributed by atoms with E-state index >= 15 is 0 Å². The molecule has 0 aliphatic carbocycles. The summed E-state index contributed by atoms with van der Waals surface area (Å²) in [5.74, 6) is 0. The van der Waals surface area contributed by atoms with Crippen molar-refractivity contribution in [1.29, 1.82) is 0 Å². The van der Waals surface area contributed by atoms with Crippen molar-refractivity contribution in [3.8, 4) is 0 Å². The molecule has 0 aliphatic rings. The van der Waals surface area contributed by atoms with Crippen molar-refractivity contribution in [3.63, 3.8) is 0 Å². The summed E-state index contributed by atoms with van der Waals surface area (Å²) >= 11 is 3.40. The van der Waals surface area contributed by atoms with Gasteiger partial charge in [-0.2, -0.15) is 0 Å². The van der Waals surface area contributed by atoms with Crippen LogP contribution >= 0.6 is 23.1 Å². The van der Waals surface area contributed by atoms with Gasteiger partial charge in [-0.25, -0.2) is 4.98 Å². The maximum atomic E-state index is 9.96. The first kappa shape index (κ1) is 13.8. The molecule has 3 nitrogen and oxygen atoms in total. The number of thiazole rings is 1. The van der Waals surface area contributed by atoms with E-state index < -0.39 is 5.60 Å². The number of benzene rings is 1. The van der Waals surface area contributed by atoms with Gasteiger partial charge in [0.1, 0.15) is 0 Å². The van der Waals surface area contributed by atoms with Crippen LogP contribution in [0.25, 0.3) is 10.2 Å². The lowest BCUT2D eigenvalue weighted by Crippen LogP contribution is -2.36. The Balaban J connectivity index is 2.05. The van der Waals surface area contributed by atoms with Gasteiger partial charge >= 0.3 is 0 Å². The second-order valence-electron chi connectivity index (χ2n) is 4.78. The van der Waals surface area contributed by atoms with E-state index in [0.717, 1.165) is 9.86 Å². The minimum Gasteiger partial charge on any atom is -0.389 e. The second kappa shape index (κ2) is 5.57. The highest BCUT2D eigenvalue weighted by Gasteiger charge is 2.22. The molecule has 0 spiro atoms. The summed E-state index contributed by atoms with van der Waals surface area (Å²) in [4.78, 5) is 4.58. The summed E-state index contributed by atoms with van der Waals surface area (Å²) in [5.41, 5.74) is 5.79. The van der Waals surface area contributed by atoms with E-state index in [4.69, 9.17) is 5.73 Å². The molecule has 0 saturated heterocycles. The molecule has 2 atom stereocenters. The molecule has 0 radical (unpaired) electrons. The number of hydrogen-bond donors (Lipinski definition) is 2. The van der Waals surface area contributed by atoms with Crippen LogP contribution in [0.4, 0.5) is 0 Å². The molecule has 0 aliphatic heterocycles. The van der Waals surface area contributed by atoms with Gasteiger partial charge in [-0.3, -0.25) is 0 Å². The summed E-state index contributed by atoms with van der Waals surface area (Å²) in [6.45, 7) is 4.17. The zero-order valence-electron chi connectivity index (χ0n) is 10.6. The molecule has 1 aromatic heterocycles. The number of aromatic nitrogens is 1. The highest BCUT2D eigenvalue weighted by molar-refractivity contribution is 8.01. The molecule has 0 bridgehead atoms. The van der Waals surface area contributed by atoms with Crippen LogP contribution in [-0.4, -0.2) is 27.5 Å². The Kier molecular flexibility index (Phi) is 4.27. The third-order valence-corrected chi connectivity index (χ3v) is 4.97. The predicted octanol–water partition coefficient (Wildman–Crippen LogP) is 2.88. The molecule has 0 saturated carbocycles. The zero-order valence-corrected chi connectivity index (χ0v) is 12.2. The Labute approximate surface area is 115 Å². The highest BCUT2D eigenvalue weighted by Crippen LogP contribution is 2.34. The van der Waals surface area contributed by atoms with Crippen molar-refractivity contribution in [2.24, 2.45) is 5.73 Å². The molecular weight excluding hydrogens is 264 g/mol. The summed E-state index contributed by atoms with van der Waals surface area (Å²) in [5, 5.41) is 10.3. The second-order valence-corrected chi connectivity index (χ2v) is 7.50. The molecule has 2 aromatic rings. The number of thioether (sulfide) groups is 1. The van der Waals surface area contributed by atoms with Crippen molar-refractivity contribution in [2.45, 2.75) is 35.5 Å². The normalized spacial score (nSPS) is 16.7. The van der Waals surface area contributed by atoms with Gasteiger partial charge in [0.25, 0.3) is 0 Å². The monoisotopic (exact) mass is 282 g/mol. The number of aliphatic hydroxyl groups is 1. The Bertz CT molecular complexity index is 491. The van der Waals surface area contributed by atoms with Gasteiger partial charge < -0.3 is 10.8 Å². The lowest BCUT2D eigenvalue weighted by Gasteiger charge is -2.24. The maximum absolute atomic E-state index is 9.96. The van der Waals surface area contributed by atoms with Gasteiger partial charge in [-0.05, 0) is 25.5 Å². The van der Waals surface area contributed by atoms with Gasteiger partial charge in [-0.15, -0.1) is 11.3 Å². The van der Waals surface area contributed by atoms with Crippen molar-refractivity contribution >= 4 is 33.3 Å². The highest BCUT2D eigenvalue weighted by atomic mass is 32.2. The number of nitrogens with two attached hydrogens (primary N) is 1. The summed E-state index contributed by atoms with van der Waals surface area (Å²) < 4.78 is 2.26. The molecule has 98 valence electrons. The Morgan fingerprint density at radius 3 is 2.89 bits per heavy atom. The number of hydrogen-bond acceptors (Lipinski definition) is 5. The maximum Gasteiger partial charge on any atom is 0.151 e. The standard InChI is InChI=1S/C13H18N2OS2/c1-9(7-13(2,16)8-14)17-12-15-10-5-3-4-6-11(10)18-12/h3-6,9,16H,7-8,14H2,1-2H3. The van der Waals surface area contributed by atoms with Crippen LogP contribution in [0.5, 0.6) is 0 Å². The first-order chi connectivity index (χ1) is 8.50. The molecule has 1 heterocycles. The van der Waals surface area contributed by atoms with E-state index in [-0.39, 0.29) is 6.54 Å². The summed E-state index contributed by atoms with van der Waals surface area (Å²) in [7, 11) is 0. The molecular formula is C13H18N2OS2. The molecule has 1 aromatic carbocycles. The molecule has 2 unspecified atom stereocenters. The predicted molar refractivity (Wildman–Crippen MR) is 79.2 cm³/mol. The third kappa shape index (κ3) is 3.45. The van der Waals surface area contributed by atoms with Gasteiger partial charge in [0.05, 0.1) is 15.8 Å². The first-order valence-corrected chi connectivity index (χ1v) is 7.64. The summed E-state index contributed by atoms with van der Waals surface area (Å²) in [6.07, 6.45) is 0.671. The summed E-state index contributed by atoms with van der Waals surface area (Å²) in [6, 6.07) is 8.13. The fourth-order valence-corrected chi connectivity index (χ4v) is 4.41. The van der Waals surface area contributed by atoms with E-state index in [2.05, 4.69) is 18.0 Å². The average Bonchev–Trinajstić information content (AvgIpc) is 2.70. The number of para-hydroxylation sites is 1. The fourth-order valence-electron chi connectivity index (χ4n) is 1.82. The van der Waals surface area contributed by atoms with E-state index in [1.165, 1.54) is 4.70 Å². The first-order valence-electron chi connectivity index (χ1n) is 5.95. The zero-order chi connectivity index (χ0) is 13.2. The molecule has 0 amide bonds. The largest absolute Gasteiger partial charge is 0.389 e. The van der Waals surface area contributed by atoms with Crippen LogP contribution in [0.2, 0.25) is 0 Å². The molecule has 2 rings (SSSR count). The quantitative estimate of drug-likeness (QED) is 0.828. The average molecular weight is 282 g/mol. The van der Waals surface area contributed by atoms with Crippen LogP contribution in [-0.2, 0) is 0 Å². The smallest absolute Gasteiger partial charge is 0.151 e. The Morgan fingerprint density at radius 1 is 1.50 bits per heavy atom. The SMILES string of the molecule is CC(CC(C)(O)CN)Sc1nc2ccccc2s1. The van der Waals surface area contributed by atoms with E-state index in [1.807, 2.05) is 18.2 Å². The van der Waals surface area contributed by atoms with Crippen LogP contribution in [0, 0.1) is 0 Å². The van der Waals surface area contributed by atoms with Gasteiger partial charge in [-0.1, -0.05) is 30.8 Å². The van der Waals surface area contributed by atoms with E-state index in [9.17, 15) is 5.11 Å². The van der Waals surface area contributed by atoms with Crippen molar-refractivity contribution in [1.82, 2.24) is 4.98 Å². The van der Waals surface area contributed by atoms with Crippen LogP contribution in [0.1, 0.15) is 20.3 Å². The fraction of sp³-hybridized carbons (Fsp3) is 0.462. The Morgan fingerprint density at radius 2 is 2.22 bits per heavy atom. The molecule has 3 N–H and O–H groups in total.